The van der Waals surface area contributed by atoms with Crippen LogP contribution < -0.4 is 5.73 Å². The van der Waals surface area contributed by atoms with E-state index in [9.17, 15) is 9.59 Å². The molecule has 0 bridgehead atoms. The van der Waals surface area contributed by atoms with E-state index in [2.05, 4.69) is 16.6 Å². The smallest absolute Gasteiger partial charge is 0.417 e. The van der Waals surface area contributed by atoms with Crippen LogP contribution in [-0.4, -0.2) is 41.9 Å². The van der Waals surface area contributed by atoms with E-state index in [1.165, 1.54) is 19.3 Å². The van der Waals surface area contributed by atoms with Gasteiger partial charge >= 0.3 is 11.9 Å². The predicted molar refractivity (Wildman–Crippen MR) is 103 cm³/mol. The Morgan fingerprint density at radius 1 is 1.32 bits per heavy atom. The van der Waals surface area contributed by atoms with Gasteiger partial charge in [-0.15, -0.1) is 0 Å². The molecule has 28 heavy (non-hydrogen) atoms. The highest BCUT2D eigenvalue weighted by Crippen LogP contribution is 2.20. The molecular weight excluding hydrogens is 362 g/mol. The summed E-state index contributed by atoms with van der Waals surface area (Å²) in [5.41, 5.74) is 5.19. The average Bonchev–Trinajstić information content (AvgIpc) is 3.13. The van der Waals surface area contributed by atoms with E-state index in [0.29, 0.717) is 37.7 Å². The Morgan fingerprint density at radius 2 is 2.07 bits per heavy atom. The summed E-state index contributed by atoms with van der Waals surface area (Å²) in [4.78, 5) is 21.4. The van der Waals surface area contributed by atoms with Gasteiger partial charge in [-0.1, -0.05) is 25.2 Å². The Kier molecular flexibility index (Phi) is 8.55. The summed E-state index contributed by atoms with van der Waals surface area (Å²) in [5, 5.41) is 8.51. The number of esters is 1. The van der Waals surface area contributed by atoms with Gasteiger partial charge in [0.15, 0.2) is 5.76 Å². The molecule has 0 spiro atoms. The van der Waals surface area contributed by atoms with Gasteiger partial charge < -0.3 is 24.7 Å². The maximum absolute atomic E-state index is 11.0. The standard InChI is InChI=1S/C21H29NO6/c1-21(22,15-27-20(25)19(23)24)13-12-18-11-10-17(28-18)9-5-6-14-26-16-7-3-2-4-8-16/h10-11,16H,2-4,6-8,12-15,22H2,1H3,(H,23,24)/t21-/m1/s1. The third-order valence-electron chi connectivity index (χ3n) is 4.66. The molecule has 0 amide bonds. The fourth-order valence-electron chi connectivity index (χ4n) is 3.01. The van der Waals surface area contributed by atoms with Gasteiger partial charge in [0.1, 0.15) is 12.4 Å². The van der Waals surface area contributed by atoms with E-state index in [-0.39, 0.29) is 6.61 Å². The molecule has 1 aliphatic carbocycles. The van der Waals surface area contributed by atoms with Crippen LogP contribution in [0.5, 0.6) is 0 Å². The molecule has 1 heterocycles. The number of hydrogen-bond donors (Lipinski definition) is 2. The first kappa shape index (κ1) is 22.0. The summed E-state index contributed by atoms with van der Waals surface area (Å²) < 4.78 is 16.2. The Balaban J connectivity index is 1.68. The summed E-state index contributed by atoms with van der Waals surface area (Å²) in [6.45, 7) is 2.16. The van der Waals surface area contributed by atoms with Gasteiger partial charge in [0.05, 0.1) is 12.7 Å². The van der Waals surface area contributed by atoms with Crippen LogP contribution in [0, 0.1) is 11.8 Å². The lowest BCUT2D eigenvalue weighted by molar-refractivity contribution is -0.164. The molecule has 1 aromatic heterocycles. The minimum atomic E-state index is -1.63. The number of carboxylic acid groups (broad SMARTS) is 1. The van der Waals surface area contributed by atoms with E-state index >= 15 is 0 Å². The Hall–Kier alpha value is -2.30. The van der Waals surface area contributed by atoms with Gasteiger partial charge in [-0.2, -0.15) is 0 Å². The zero-order valence-corrected chi connectivity index (χ0v) is 16.4. The number of hydrogen-bond acceptors (Lipinski definition) is 6. The molecular formula is C21H29NO6. The third-order valence-corrected chi connectivity index (χ3v) is 4.66. The van der Waals surface area contributed by atoms with E-state index in [4.69, 9.17) is 20.0 Å². The molecule has 1 saturated carbocycles. The van der Waals surface area contributed by atoms with Crippen molar-refractivity contribution in [3.8, 4) is 11.8 Å². The molecule has 7 nitrogen and oxygen atoms in total. The summed E-state index contributed by atoms with van der Waals surface area (Å²) in [7, 11) is 0. The van der Waals surface area contributed by atoms with Crippen molar-refractivity contribution < 1.29 is 28.6 Å². The average molecular weight is 391 g/mol. The number of carbonyl (C=O) groups is 2. The molecule has 0 aliphatic heterocycles. The van der Waals surface area contributed by atoms with Crippen LogP contribution in [0.3, 0.4) is 0 Å². The van der Waals surface area contributed by atoms with Crippen molar-refractivity contribution in [1.29, 1.82) is 0 Å². The number of aryl methyl sites for hydroxylation is 1. The number of ether oxygens (including phenoxy) is 2. The molecule has 7 heteroatoms. The highest BCUT2D eigenvalue weighted by Gasteiger charge is 2.23. The van der Waals surface area contributed by atoms with Gasteiger partial charge in [-0.25, -0.2) is 9.59 Å². The van der Waals surface area contributed by atoms with Crippen molar-refractivity contribution in [2.75, 3.05) is 13.2 Å². The summed E-state index contributed by atoms with van der Waals surface area (Å²) >= 11 is 0. The second kappa shape index (κ2) is 10.9. The normalized spacial score (nSPS) is 16.6. The van der Waals surface area contributed by atoms with Crippen molar-refractivity contribution in [2.45, 2.75) is 69.9 Å². The predicted octanol–water partition coefficient (Wildman–Crippen LogP) is 2.65. The van der Waals surface area contributed by atoms with Gasteiger partial charge in [-0.3, -0.25) is 0 Å². The zero-order chi connectivity index (χ0) is 20.4. The fourth-order valence-corrected chi connectivity index (χ4v) is 3.01. The van der Waals surface area contributed by atoms with Gasteiger partial charge in [0.25, 0.3) is 0 Å². The molecule has 3 N–H and O–H groups in total. The molecule has 1 fully saturated rings. The zero-order valence-electron chi connectivity index (χ0n) is 16.4. The van der Waals surface area contributed by atoms with Gasteiger partial charge in [-0.05, 0) is 44.2 Å². The van der Waals surface area contributed by atoms with E-state index in [0.717, 1.165) is 18.6 Å². The topological polar surface area (TPSA) is 112 Å². The molecule has 1 aliphatic rings. The molecule has 0 radical (unpaired) electrons. The van der Waals surface area contributed by atoms with Crippen molar-refractivity contribution in [1.82, 2.24) is 0 Å². The van der Waals surface area contributed by atoms with Crippen LogP contribution in [0.15, 0.2) is 16.5 Å². The van der Waals surface area contributed by atoms with Crippen LogP contribution >= 0.6 is 0 Å². The highest BCUT2D eigenvalue weighted by molar-refractivity contribution is 6.28. The minimum Gasteiger partial charge on any atom is -0.473 e. The maximum Gasteiger partial charge on any atom is 0.417 e. The number of aliphatic carboxylic acids is 1. The SMILES string of the molecule is C[C@@](N)(CCc1ccc(C#CCCOC2CCCCC2)o1)COC(=O)C(=O)O. The van der Waals surface area contributed by atoms with Crippen LogP contribution in [0.25, 0.3) is 0 Å². The number of carboxylic acids is 1. The lowest BCUT2D eigenvalue weighted by Crippen LogP contribution is -2.43. The largest absolute Gasteiger partial charge is 0.473 e. The first-order chi connectivity index (χ1) is 13.4. The molecule has 1 aromatic rings. The van der Waals surface area contributed by atoms with Crippen molar-refractivity contribution in [3.63, 3.8) is 0 Å². The van der Waals surface area contributed by atoms with E-state index in [1.807, 2.05) is 12.1 Å². The number of furan rings is 1. The van der Waals surface area contributed by atoms with Crippen LogP contribution in [0.4, 0.5) is 0 Å². The number of nitrogens with two attached hydrogens (primary N) is 1. The molecule has 154 valence electrons. The number of carbonyl (C=O) groups excluding carboxylic acids is 1. The lowest BCUT2D eigenvalue weighted by Gasteiger charge is -2.23. The van der Waals surface area contributed by atoms with Crippen molar-refractivity contribution in [2.24, 2.45) is 5.73 Å². The van der Waals surface area contributed by atoms with Crippen molar-refractivity contribution in [3.05, 3.63) is 23.7 Å². The van der Waals surface area contributed by atoms with Crippen LogP contribution in [0.1, 0.15) is 63.4 Å². The summed E-state index contributed by atoms with van der Waals surface area (Å²) in [5.74, 6) is 4.43. The van der Waals surface area contributed by atoms with Crippen LogP contribution in [-0.2, 0) is 25.5 Å². The maximum atomic E-state index is 11.0. The summed E-state index contributed by atoms with van der Waals surface area (Å²) in [6, 6.07) is 3.64. The first-order valence-corrected chi connectivity index (χ1v) is 9.74. The van der Waals surface area contributed by atoms with E-state index < -0.39 is 17.5 Å². The Labute approximate surface area is 165 Å². The first-order valence-electron chi connectivity index (χ1n) is 9.74. The summed E-state index contributed by atoms with van der Waals surface area (Å²) in [6.07, 6.45) is 8.21. The molecule has 0 aromatic carbocycles. The van der Waals surface area contributed by atoms with Crippen molar-refractivity contribution >= 4 is 11.9 Å². The van der Waals surface area contributed by atoms with Gasteiger partial charge in [0, 0.05) is 18.4 Å². The van der Waals surface area contributed by atoms with E-state index in [1.54, 1.807) is 6.92 Å². The second-order valence-corrected chi connectivity index (χ2v) is 7.48. The Morgan fingerprint density at radius 3 is 2.79 bits per heavy atom. The fraction of sp³-hybridized carbons (Fsp3) is 0.619. The van der Waals surface area contributed by atoms with Gasteiger partial charge in [0.2, 0.25) is 0 Å². The highest BCUT2D eigenvalue weighted by atomic mass is 16.6. The molecule has 1 atom stereocenters. The molecule has 0 saturated heterocycles. The third kappa shape index (κ3) is 8.15. The lowest BCUT2D eigenvalue weighted by atomic mass is 9.97. The minimum absolute atomic E-state index is 0.174. The van der Waals surface area contributed by atoms with Crippen LogP contribution in [0.2, 0.25) is 0 Å². The second-order valence-electron chi connectivity index (χ2n) is 7.48. The number of rotatable bonds is 8. The Bertz CT molecular complexity index is 706. The molecule has 2 rings (SSSR count). The molecule has 0 unspecified atom stereocenters. The monoisotopic (exact) mass is 391 g/mol. The quantitative estimate of drug-likeness (QED) is 0.303.